The summed E-state index contributed by atoms with van der Waals surface area (Å²) in [6.07, 6.45) is 0. The van der Waals surface area contributed by atoms with Crippen LogP contribution in [-0.2, 0) is 4.79 Å². The first-order chi connectivity index (χ1) is 13.2. The van der Waals surface area contributed by atoms with E-state index >= 15 is 0 Å². The monoisotopic (exact) mass is 359 g/mol. The molecule has 3 heteroatoms. The van der Waals surface area contributed by atoms with Crippen molar-refractivity contribution in [1.82, 2.24) is 5.32 Å². The smallest absolute Gasteiger partial charge is 0.275 e. The quantitative estimate of drug-likeness (QED) is 0.637. The summed E-state index contributed by atoms with van der Waals surface area (Å²) in [4.78, 5) is 12.4. The molecule has 0 aliphatic rings. The summed E-state index contributed by atoms with van der Waals surface area (Å²) in [5, 5.41) is 5.17. The zero-order chi connectivity index (χ0) is 18.9. The molecule has 0 aromatic heterocycles. The lowest BCUT2D eigenvalue weighted by molar-refractivity contribution is -0.676. The summed E-state index contributed by atoms with van der Waals surface area (Å²) in [5.74, 6) is 0.365. The molecular weight excluding hydrogens is 332 g/mol. The van der Waals surface area contributed by atoms with E-state index in [4.69, 9.17) is 0 Å². The summed E-state index contributed by atoms with van der Waals surface area (Å²) >= 11 is 0. The van der Waals surface area contributed by atoms with Crippen LogP contribution in [0.15, 0.2) is 91.0 Å². The van der Waals surface area contributed by atoms with Gasteiger partial charge in [0, 0.05) is 17.7 Å². The van der Waals surface area contributed by atoms with Crippen molar-refractivity contribution >= 4 is 5.91 Å². The molecule has 138 valence electrons. The number of carbonyl (C=O) groups is 1. The summed E-state index contributed by atoms with van der Waals surface area (Å²) < 4.78 is 0. The van der Waals surface area contributed by atoms with Gasteiger partial charge in [0.05, 0.1) is 0 Å². The maximum absolute atomic E-state index is 12.4. The predicted molar refractivity (Wildman–Crippen MR) is 109 cm³/mol. The van der Waals surface area contributed by atoms with E-state index in [9.17, 15) is 4.79 Å². The van der Waals surface area contributed by atoms with E-state index in [1.807, 2.05) is 54.6 Å². The van der Waals surface area contributed by atoms with Crippen molar-refractivity contribution < 1.29 is 10.1 Å². The van der Waals surface area contributed by atoms with Gasteiger partial charge in [0.1, 0.15) is 6.04 Å². The molecular formula is C24H27N2O+. The minimum atomic E-state index is 0.0645. The van der Waals surface area contributed by atoms with Gasteiger partial charge >= 0.3 is 0 Å². The molecule has 3 aromatic rings. The zero-order valence-electron chi connectivity index (χ0n) is 15.7. The van der Waals surface area contributed by atoms with Crippen LogP contribution in [0.1, 0.15) is 35.6 Å². The van der Waals surface area contributed by atoms with E-state index in [2.05, 4.69) is 54.0 Å². The van der Waals surface area contributed by atoms with Crippen molar-refractivity contribution in [3.05, 3.63) is 108 Å². The predicted octanol–water partition coefficient (Wildman–Crippen LogP) is 3.26. The average Bonchev–Trinajstić information content (AvgIpc) is 2.74. The molecule has 3 N–H and O–H groups in total. The first-order valence-electron chi connectivity index (χ1n) is 9.49. The number of hydrogen-bond acceptors (Lipinski definition) is 1. The van der Waals surface area contributed by atoms with Crippen molar-refractivity contribution in [2.45, 2.75) is 18.9 Å². The molecule has 27 heavy (non-hydrogen) atoms. The fourth-order valence-corrected chi connectivity index (χ4v) is 3.25. The Morgan fingerprint density at radius 2 is 1.22 bits per heavy atom. The van der Waals surface area contributed by atoms with E-state index in [-0.39, 0.29) is 11.9 Å². The number of nitrogens with two attached hydrogens (primary N) is 1. The van der Waals surface area contributed by atoms with Gasteiger partial charge in [-0.25, -0.2) is 0 Å². The van der Waals surface area contributed by atoms with Gasteiger partial charge in [-0.05, 0) is 11.5 Å². The third-order valence-corrected chi connectivity index (χ3v) is 4.83. The molecule has 0 heterocycles. The highest BCUT2D eigenvalue weighted by Crippen LogP contribution is 2.17. The van der Waals surface area contributed by atoms with Crippen LogP contribution in [-0.4, -0.2) is 19.0 Å². The number of amides is 1. The van der Waals surface area contributed by atoms with Crippen LogP contribution in [0, 0.1) is 0 Å². The molecule has 0 radical (unpaired) electrons. The van der Waals surface area contributed by atoms with Crippen LogP contribution in [0.5, 0.6) is 0 Å². The molecule has 3 nitrogen and oxygen atoms in total. The highest BCUT2D eigenvalue weighted by Gasteiger charge is 2.18. The van der Waals surface area contributed by atoms with Crippen LogP contribution in [0.25, 0.3) is 0 Å². The summed E-state index contributed by atoms with van der Waals surface area (Å²) in [7, 11) is 0. The van der Waals surface area contributed by atoms with Crippen molar-refractivity contribution in [2.75, 3.05) is 13.1 Å². The van der Waals surface area contributed by atoms with E-state index in [1.54, 1.807) is 0 Å². The van der Waals surface area contributed by atoms with Crippen LogP contribution in [0.2, 0.25) is 0 Å². The second kappa shape index (κ2) is 9.70. The Balaban J connectivity index is 1.58. The minimum absolute atomic E-state index is 0.0645. The van der Waals surface area contributed by atoms with Crippen LogP contribution >= 0.6 is 0 Å². The summed E-state index contributed by atoms with van der Waals surface area (Å²) in [6, 6.07) is 31.1. The van der Waals surface area contributed by atoms with Crippen molar-refractivity contribution in [1.29, 1.82) is 0 Å². The van der Waals surface area contributed by atoms with E-state index < -0.39 is 0 Å². The fourth-order valence-electron chi connectivity index (χ4n) is 3.25. The third kappa shape index (κ3) is 5.53. The molecule has 0 aliphatic heterocycles. The van der Waals surface area contributed by atoms with Gasteiger partial charge in [-0.1, -0.05) is 97.9 Å². The first kappa shape index (κ1) is 18.9. The summed E-state index contributed by atoms with van der Waals surface area (Å²) in [6.45, 7) is 3.18. The van der Waals surface area contributed by atoms with Gasteiger partial charge in [-0.3, -0.25) is 4.79 Å². The Bertz CT molecular complexity index is 779. The Morgan fingerprint density at radius 3 is 1.70 bits per heavy atom. The van der Waals surface area contributed by atoms with E-state index in [1.165, 1.54) is 16.7 Å². The molecule has 1 amide bonds. The molecule has 0 saturated heterocycles. The second-order valence-corrected chi connectivity index (χ2v) is 6.85. The van der Waals surface area contributed by atoms with Gasteiger partial charge in [0.2, 0.25) is 0 Å². The molecule has 1 atom stereocenters. The van der Waals surface area contributed by atoms with Gasteiger partial charge in [-0.15, -0.1) is 0 Å². The Morgan fingerprint density at radius 1 is 0.778 bits per heavy atom. The van der Waals surface area contributed by atoms with Gasteiger partial charge < -0.3 is 10.6 Å². The van der Waals surface area contributed by atoms with Crippen LogP contribution in [0.4, 0.5) is 0 Å². The summed E-state index contributed by atoms with van der Waals surface area (Å²) in [5.41, 5.74) is 3.65. The minimum Gasteiger partial charge on any atom is -0.351 e. The number of quaternary nitrogens is 1. The number of rotatable bonds is 8. The number of benzene rings is 3. The Hall–Kier alpha value is -2.91. The number of carbonyl (C=O) groups excluding carboxylic acids is 1. The van der Waals surface area contributed by atoms with Crippen molar-refractivity contribution in [3.63, 3.8) is 0 Å². The van der Waals surface area contributed by atoms with E-state index in [0.717, 1.165) is 0 Å². The second-order valence-electron chi connectivity index (χ2n) is 6.85. The third-order valence-electron chi connectivity index (χ3n) is 4.83. The van der Waals surface area contributed by atoms with Crippen molar-refractivity contribution in [3.8, 4) is 0 Å². The van der Waals surface area contributed by atoms with E-state index in [0.29, 0.717) is 19.0 Å². The normalized spacial score (nSPS) is 11.9. The average molecular weight is 359 g/mol. The Labute approximate surface area is 161 Å². The molecule has 3 rings (SSSR count). The van der Waals surface area contributed by atoms with Crippen LogP contribution < -0.4 is 10.6 Å². The molecule has 0 fully saturated rings. The lowest BCUT2D eigenvalue weighted by atomic mass is 9.99. The maximum Gasteiger partial charge on any atom is 0.275 e. The largest absolute Gasteiger partial charge is 0.351 e. The highest BCUT2D eigenvalue weighted by atomic mass is 16.1. The lowest BCUT2D eigenvalue weighted by Crippen LogP contribution is -2.87. The molecule has 0 bridgehead atoms. The maximum atomic E-state index is 12.4. The first-order valence-corrected chi connectivity index (χ1v) is 9.49. The molecule has 3 aromatic carbocycles. The topological polar surface area (TPSA) is 45.7 Å². The zero-order valence-corrected chi connectivity index (χ0v) is 15.7. The number of nitrogens with one attached hydrogen (secondary N) is 1. The van der Waals surface area contributed by atoms with Crippen LogP contribution in [0.3, 0.4) is 0 Å². The molecule has 0 aliphatic carbocycles. The lowest BCUT2D eigenvalue weighted by Gasteiger charge is -2.17. The van der Waals surface area contributed by atoms with Gasteiger partial charge in [0.15, 0.2) is 6.54 Å². The van der Waals surface area contributed by atoms with Crippen molar-refractivity contribution in [2.24, 2.45) is 0 Å². The Kier molecular flexibility index (Phi) is 6.78. The molecule has 0 saturated carbocycles. The SMILES string of the molecule is C[C@H](CNC(=O)C[NH2+]C(c1ccccc1)c1ccccc1)c1ccccc1. The fraction of sp³-hybridized carbons (Fsp3) is 0.208. The molecule has 0 unspecified atom stereocenters. The highest BCUT2D eigenvalue weighted by molar-refractivity contribution is 5.76. The van der Waals surface area contributed by atoms with Gasteiger partial charge in [0.25, 0.3) is 5.91 Å². The molecule has 0 spiro atoms. The number of hydrogen-bond donors (Lipinski definition) is 2. The van der Waals surface area contributed by atoms with Gasteiger partial charge in [-0.2, -0.15) is 0 Å². The standard InChI is InChI=1S/C24H26N2O/c1-19(20-11-5-2-6-12-20)17-25-23(27)18-26-24(21-13-7-3-8-14-21)22-15-9-4-10-16-22/h2-16,19,24,26H,17-18H2,1H3,(H,25,27)/p+1/t19-/m1/s1.